The van der Waals surface area contributed by atoms with Crippen LogP contribution in [0.25, 0.3) is 0 Å². The zero-order valence-electron chi connectivity index (χ0n) is 17.7. The first kappa shape index (κ1) is 22.3. The Bertz CT molecular complexity index is 845. The van der Waals surface area contributed by atoms with Crippen molar-refractivity contribution in [2.75, 3.05) is 17.7 Å². The van der Waals surface area contributed by atoms with Gasteiger partial charge in [0.2, 0.25) is 5.91 Å². The van der Waals surface area contributed by atoms with Gasteiger partial charge in [0.1, 0.15) is 5.82 Å². The van der Waals surface area contributed by atoms with Gasteiger partial charge in [-0.2, -0.15) is 0 Å². The van der Waals surface area contributed by atoms with Crippen molar-refractivity contribution < 1.29 is 14.3 Å². The summed E-state index contributed by atoms with van der Waals surface area (Å²) in [5.74, 6) is 1.49. The summed E-state index contributed by atoms with van der Waals surface area (Å²) in [6, 6.07) is 6.69. The van der Waals surface area contributed by atoms with Gasteiger partial charge in [-0.25, -0.2) is 4.79 Å². The minimum absolute atomic E-state index is 0.122. The molecule has 1 heterocycles. The summed E-state index contributed by atoms with van der Waals surface area (Å²) < 4.78 is 7.09. The average Bonchev–Trinajstić information content (AvgIpc) is 3.15. The summed E-state index contributed by atoms with van der Waals surface area (Å²) >= 11 is 1.40. The molecule has 0 radical (unpaired) electrons. The SMILES string of the molecule is CCOC(=O)c1ccc(NC(=O)CSc2nnc(CC3CCCCC3)n2CC)cc1. The first-order chi connectivity index (χ1) is 14.6. The van der Waals surface area contributed by atoms with Crippen LogP contribution in [0.4, 0.5) is 5.69 Å². The molecular weight excluding hydrogens is 400 g/mol. The molecule has 7 nitrogen and oxygen atoms in total. The second-order valence-electron chi connectivity index (χ2n) is 7.49. The number of esters is 1. The molecule has 162 valence electrons. The van der Waals surface area contributed by atoms with Gasteiger partial charge in [-0.1, -0.05) is 43.9 Å². The van der Waals surface area contributed by atoms with Crippen molar-refractivity contribution in [1.29, 1.82) is 0 Å². The fourth-order valence-corrected chi connectivity index (χ4v) is 4.60. The van der Waals surface area contributed by atoms with E-state index < -0.39 is 0 Å². The Morgan fingerprint density at radius 2 is 1.87 bits per heavy atom. The molecular formula is C22H30N4O3S. The lowest BCUT2D eigenvalue weighted by molar-refractivity contribution is -0.113. The van der Waals surface area contributed by atoms with E-state index in [9.17, 15) is 9.59 Å². The largest absolute Gasteiger partial charge is 0.462 e. The maximum Gasteiger partial charge on any atom is 0.338 e. The predicted octanol–water partition coefficient (Wildman–Crippen LogP) is 4.33. The number of amides is 1. The Balaban J connectivity index is 1.52. The number of thioether (sulfide) groups is 1. The van der Waals surface area contributed by atoms with Crippen LogP contribution in [0.1, 0.15) is 62.1 Å². The van der Waals surface area contributed by atoms with Crippen LogP contribution in [0.5, 0.6) is 0 Å². The Morgan fingerprint density at radius 1 is 1.13 bits per heavy atom. The second kappa shape index (κ2) is 11.2. The number of carbonyl (C=O) groups excluding carboxylic acids is 2. The van der Waals surface area contributed by atoms with E-state index in [0.29, 0.717) is 23.8 Å². The molecule has 3 rings (SSSR count). The molecule has 0 bridgehead atoms. The minimum atomic E-state index is -0.367. The van der Waals surface area contributed by atoms with E-state index in [-0.39, 0.29) is 17.6 Å². The Hall–Kier alpha value is -2.35. The summed E-state index contributed by atoms with van der Waals surface area (Å²) in [5, 5.41) is 12.4. The quantitative estimate of drug-likeness (QED) is 0.471. The highest BCUT2D eigenvalue weighted by Gasteiger charge is 2.19. The third-order valence-electron chi connectivity index (χ3n) is 5.32. The van der Waals surface area contributed by atoms with Gasteiger partial charge in [0.15, 0.2) is 5.16 Å². The number of hydrogen-bond acceptors (Lipinski definition) is 6. The van der Waals surface area contributed by atoms with E-state index in [2.05, 4.69) is 27.0 Å². The molecule has 1 aliphatic rings. The molecule has 0 spiro atoms. The van der Waals surface area contributed by atoms with E-state index in [1.165, 1.54) is 43.9 Å². The number of carbonyl (C=O) groups is 2. The van der Waals surface area contributed by atoms with Crippen LogP contribution in [0.3, 0.4) is 0 Å². The van der Waals surface area contributed by atoms with E-state index in [4.69, 9.17) is 4.74 Å². The Kier molecular flexibility index (Phi) is 8.30. The van der Waals surface area contributed by atoms with Crippen molar-refractivity contribution in [3.8, 4) is 0 Å². The van der Waals surface area contributed by atoms with Crippen molar-refractivity contribution in [3.05, 3.63) is 35.7 Å². The van der Waals surface area contributed by atoms with Gasteiger partial charge < -0.3 is 14.6 Å². The number of nitrogens with one attached hydrogen (secondary N) is 1. The molecule has 0 atom stereocenters. The van der Waals surface area contributed by atoms with E-state index in [1.54, 1.807) is 31.2 Å². The average molecular weight is 431 g/mol. The van der Waals surface area contributed by atoms with E-state index in [1.807, 2.05) is 0 Å². The van der Waals surface area contributed by atoms with Crippen molar-refractivity contribution in [2.45, 2.75) is 64.1 Å². The molecule has 8 heteroatoms. The van der Waals surface area contributed by atoms with Gasteiger partial charge in [-0.15, -0.1) is 10.2 Å². The first-order valence-electron chi connectivity index (χ1n) is 10.7. The molecule has 1 aromatic carbocycles. The molecule has 1 aliphatic carbocycles. The fourth-order valence-electron chi connectivity index (χ4n) is 3.78. The zero-order chi connectivity index (χ0) is 21.3. The van der Waals surface area contributed by atoms with E-state index >= 15 is 0 Å². The molecule has 1 aromatic heterocycles. The van der Waals surface area contributed by atoms with Gasteiger partial charge in [-0.3, -0.25) is 4.79 Å². The lowest BCUT2D eigenvalue weighted by Crippen LogP contribution is -2.15. The number of ether oxygens (including phenoxy) is 1. The topological polar surface area (TPSA) is 86.1 Å². The summed E-state index contributed by atoms with van der Waals surface area (Å²) in [6.45, 7) is 4.99. The number of aromatic nitrogens is 3. The second-order valence-corrected chi connectivity index (χ2v) is 8.43. The van der Waals surface area contributed by atoms with E-state index in [0.717, 1.165) is 23.9 Å². The van der Waals surface area contributed by atoms with Crippen LogP contribution in [0, 0.1) is 5.92 Å². The Labute approximate surface area is 182 Å². The molecule has 0 aliphatic heterocycles. The number of anilines is 1. The molecule has 0 saturated heterocycles. The number of hydrogen-bond donors (Lipinski definition) is 1. The van der Waals surface area contributed by atoms with Crippen molar-refractivity contribution in [1.82, 2.24) is 14.8 Å². The fraction of sp³-hybridized carbons (Fsp3) is 0.545. The van der Waals surface area contributed by atoms with Gasteiger partial charge >= 0.3 is 5.97 Å². The molecule has 1 N–H and O–H groups in total. The summed E-state index contributed by atoms with van der Waals surface area (Å²) in [6.07, 6.45) is 7.49. The molecule has 1 amide bonds. The van der Waals surface area contributed by atoms with Gasteiger partial charge in [-0.05, 0) is 44.0 Å². The highest BCUT2D eigenvalue weighted by Crippen LogP contribution is 2.27. The minimum Gasteiger partial charge on any atom is -0.462 e. The van der Waals surface area contributed by atoms with Crippen LogP contribution >= 0.6 is 11.8 Å². The van der Waals surface area contributed by atoms with Crippen LogP contribution < -0.4 is 5.32 Å². The summed E-state index contributed by atoms with van der Waals surface area (Å²) in [4.78, 5) is 24.0. The van der Waals surface area contributed by atoms with Gasteiger partial charge in [0.25, 0.3) is 0 Å². The molecule has 2 aromatic rings. The van der Waals surface area contributed by atoms with Crippen LogP contribution in [0.2, 0.25) is 0 Å². The number of rotatable bonds is 9. The highest BCUT2D eigenvalue weighted by molar-refractivity contribution is 7.99. The maximum absolute atomic E-state index is 12.3. The van der Waals surface area contributed by atoms with Crippen molar-refractivity contribution >= 4 is 29.3 Å². The van der Waals surface area contributed by atoms with Gasteiger partial charge in [0.05, 0.1) is 17.9 Å². The van der Waals surface area contributed by atoms with Crippen LogP contribution in [-0.2, 0) is 22.5 Å². The standard InChI is InChI=1S/C22H30N4O3S/c1-3-26-19(14-16-8-6-5-7-9-16)24-25-22(26)30-15-20(27)23-18-12-10-17(11-13-18)21(28)29-4-2/h10-13,16H,3-9,14-15H2,1-2H3,(H,23,27). The lowest BCUT2D eigenvalue weighted by atomic mass is 9.87. The molecule has 0 unspecified atom stereocenters. The molecule has 30 heavy (non-hydrogen) atoms. The summed E-state index contributed by atoms with van der Waals surface area (Å²) in [5.41, 5.74) is 1.11. The van der Waals surface area contributed by atoms with Crippen LogP contribution in [-0.4, -0.2) is 39.0 Å². The number of nitrogens with zero attached hydrogens (tertiary/aromatic N) is 3. The Morgan fingerprint density at radius 3 is 2.53 bits per heavy atom. The number of benzene rings is 1. The third-order valence-corrected chi connectivity index (χ3v) is 6.28. The highest BCUT2D eigenvalue weighted by atomic mass is 32.2. The predicted molar refractivity (Wildman–Crippen MR) is 118 cm³/mol. The maximum atomic E-state index is 12.3. The van der Waals surface area contributed by atoms with Gasteiger partial charge in [0, 0.05) is 18.7 Å². The molecule has 1 fully saturated rings. The van der Waals surface area contributed by atoms with Crippen molar-refractivity contribution in [3.63, 3.8) is 0 Å². The third kappa shape index (κ3) is 6.08. The van der Waals surface area contributed by atoms with Crippen LogP contribution in [0.15, 0.2) is 29.4 Å². The normalized spacial score (nSPS) is 14.5. The smallest absolute Gasteiger partial charge is 0.338 e. The van der Waals surface area contributed by atoms with Crippen molar-refractivity contribution in [2.24, 2.45) is 5.92 Å². The lowest BCUT2D eigenvalue weighted by Gasteiger charge is -2.21. The monoisotopic (exact) mass is 430 g/mol. The zero-order valence-corrected chi connectivity index (χ0v) is 18.5. The first-order valence-corrected chi connectivity index (χ1v) is 11.7. The summed E-state index contributed by atoms with van der Waals surface area (Å²) in [7, 11) is 0. The molecule has 1 saturated carbocycles.